The van der Waals surface area contributed by atoms with Crippen LogP contribution in [0.1, 0.15) is 11.1 Å². The minimum absolute atomic E-state index is 0.00357. The lowest BCUT2D eigenvalue weighted by atomic mass is 10.0. The number of rotatable bonds is 3. The zero-order valence-electron chi connectivity index (χ0n) is 13.1. The van der Waals surface area contributed by atoms with Crippen LogP contribution < -0.4 is 10.9 Å². The van der Waals surface area contributed by atoms with E-state index in [0.717, 1.165) is 0 Å². The van der Waals surface area contributed by atoms with Crippen molar-refractivity contribution >= 4 is 45.8 Å². The van der Waals surface area contributed by atoms with Crippen molar-refractivity contribution in [3.05, 3.63) is 68.0 Å². The Hall–Kier alpha value is -2.50. The maximum Gasteiger partial charge on any atom is 0.340 e. The second-order valence-electron chi connectivity index (χ2n) is 5.50. The number of carbonyl (C=O) groups is 1. The second kappa shape index (κ2) is 6.78. The van der Waals surface area contributed by atoms with Gasteiger partial charge in [0.1, 0.15) is 11.3 Å². The lowest BCUT2D eigenvalue weighted by molar-refractivity contribution is -0.115. The van der Waals surface area contributed by atoms with E-state index in [1.165, 1.54) is 12.1 Å². The van der Waals surface area contributed by atoms with Crippen LogP contribution in [0.3, 0.4) is 0 Å². The first-order chi connectivity index (χ1) is 11.9. The van der Waals surface area contributed by atoms with E-state index in [1.54, 1.807) is 31.2 Å². The molecule has 1 amide bonds. The number of hydrogen-bond acceptors (Lipinski definition) is 4. The number of hydrogen-bond donors (Lipinski definition) is 2. The molecule has 7 heteroatoms. The molecule has 0 radical (unpaired) electrons. The Morgan fingerprint density at radius 1 is 1.24 bits per heavy atom. The number of aromatic hydroxyl groups is 1. The average Bonchev–Trinajstić information content (AvgIpc) is 2.55. The van der Waals surface area contributed by atoms with Gasteiger partial charge in [-0.15, -0.1) is 0 Å². The monoisotopic (exact) mass is 377 g/mol. The van der Waals surface area contributed by atoms with Gasteiger partial charge in [0, 0.05) is 11.5 Å². The van der Waals surface area contributed by atoms with Gasteiger partial charge in [-0.05, 0) is 36.8 Å². The highest BCUT2D eigenvalue weighted by atomic mass is 35.5. The molecule has 1 aromatic heterocycles. The van der Waals surface area contributed by atoms with E-state index in [-0.39, 0.29) is 28.3 Å². The predicted octanol–water partition coefficient (Wildman–Crippen LogP) is 4.30. The lowest BCUT2D eigenvalue weighted by Crippen LogP contribution is -2.20. The summed E-state index contributed by atoms with van der Waals surface area (Å²) in [6.45, 7) is 1.73. The third-order valence-electron chi connectivity index (χ3n) is 3.83. The summed E-state index contributed by atoms with van der Waals surface area (Å²) in [5, 5.41) is 13.3. The van der Waals surface area contributed by atoms with Crippen LogP contribution in [-0.2, 0) is 11.2 Å². The van der Waals surface area contributed by atoms with Gasteiger partial charge in [-0.25, -0.2) is 4.79 Å². The Morgan fingerprint density at radius 3 is 2.76 bits per heavy atom. The Bertz CT molecular complexity index is 1040. The molecule has 0 saturated carbocycles. The van der Waals surface area contributed by atoms with E-state index < -0.39 is 11.5 Å². The minimum Gasteiger partial charge on any atom is -0.508 e. The smallest absolute Gasteiger partial charge is 0.340 e. The van der Waals surface area contributed by atoms with Gasteiger partial charge in [0.2, 0.25) is 5.91 Å². The van der Waals surface area contributed by atoms with Gasteiger partial charge in [0.25, 0.3) is 0 Å². The molecule has 0 fully saturated rings. The van der Waals surface area contributed by atoms with Crippen molar-refractivity contribution in [1.82, 2.24) is 0 Å². The van der Waals surface area contributed by atoms with Crippen LogP contribution in [0.4, 0.5) is 5.69 Å². The zero-order chi connectivity index (χ0) is 18.1. The number of nitrogens with one attached hydrogen (secondary N) is 1. The quantitative estimate of drug-likeness (QED) is 0.667. The largest absolute Gasteiger partial charge is 0.508 e. The van der Waals surface area contributed by atoms with E-state index >= 15 is 0 Å². The first-order valence-corrected chi connectivity index (χ1v) is 8.11. The number of carbonyl (C=O) groups excluding carboxylic acids is 1. The van der Waals surface area contributed by atoms with Crippen LogP contribution >= 0.6 is 23.2 Å². The lowest BCUT2D eigenvalue weighted by Gasteiger charge is -2.10. The molecule has 0 atom stereocenters. The van der Waals surface area contributed by atoms with Crippen molar-refractivity contribution in [2.45, 2.75) is 13.3 Å². The minimum atomic E-state index is -0.622. The maximum absolute atomic E-state index is 12.3. The summed E-state index contributed by atoms with van der Waals surface area (Å²) >= 11 is 12.0. The number of benzene rings is 2. The first kappa shape index (κ1) is 17.3. The van der Waals surface area contributed by atoms with E-state index in [4.69, 9.17) is 27.6 Å². The van der Waals surface area contributed by atoms with Gasteiger partial charge >= 0.3 is 5.63 Å². The molecule has 0 aliphatic rings. The summed E-state index contributed by atoms with van der Waals surface area (Å²) in [7, 11) is 0. The third-order valence-corrected chi connectivity index (χ3v) is 4.65. The summed E-state index contributed by atoms with van der Waals surface area (Å²) in [6.07, 6.45) is -0.173. The van der Waals surface area contributed by atoms with Crippen molar-refractivity contribution in [2.75, 3.05) is 5.32 Å². The molecule has 3 rings (SSSR count). The number of aryl methyl sites for hydroxylation is 1. The van der Waals surface area contributed by atoms with Crippen molar-refractivity contribution in [3.63, 3.8) is 0 Å². The molecule has 3 aromatic rings. The summed E-state index contributed by atoms with van der Waals surface area (Å²) in [4.78, 5) is 24.5. The van der Waals surface area contributed by atoms with Crippen molar-refractivity contribution in [2.24, 2.45) is 0 Å². The van der Waals surface area contributed by atoms with E-state index in [2.05, 4.69) is 5.32 Å². The molecular weight excluding hydrogens is 365 g/mol. The molecule has 5 nitrogen and oxygen atoms in total. The maximum atomic E-state index is 12.3. The molecule has 25 heavy (non-hydrogen) atoms. The van der Waals surface area contributed by atoms with E-state index in [9.17, 15) is 14.7 Å². The number of halogens is 2. The topological polar surface area (TPSA) is 79.5 Å². The molecule has 0 bridgehead atoms. The second-order valence-corrected chi connectivity index (χ2v) is 6.29. The Morgan fingerprint density at radius 2 is 2.00 bits per heavy atom. The molecule has 0 unspecified atom stereocenters. The molecule has 0 saturated heterocycles. The van der Waals surface area contributed by atoms with Crippen LogP contribution in [0.25, 0.3) is 11.0 Å². The number of anilines is 1. The molecule has 0 aliphatic carbocycles. The van der Waals surface area contributed by atoms with Gasteiger partial charge in [-0.3, -0.25) is 4.79 Å². The van der Waals surface area contributed by atoms with Crippen LogP contribution in [0.2, 0.25) is 10.0 Å². The molecule has 2 N–H and O–H groups in total. The van der Waals surface area contributed by atoms with Crippen LogP contribution in [0.15, 0.2) is 45.6 Å². The Balaban J connectivity index is 1.92. The number of phenols is 1. The average molecular weight is 378 g/mol. The fourth-order valence-electron chi connectivity index (χ4n) is 2.54. The molecule has 1 heterocycles. The first-order valence-electron chi connectivity index (χ1n) is 7.36. The highest BCUT2D eigenvalue weighted by molar-refractivity contribution is 6.44. The number of phenolic OH excluding ortho intramolecular Hbond substituents is 1. The summed E-state index contributed by atoms with van der Waals surface area (Å²) in [5.74, 6) is -0.422. The van der Waals surface area contributed by atoms with Crippen molar-refractivity contribution < 1.29 is 14.3 Å². The van der Waals surface area contributed by atoms with Gasteiger partial charge < -0.3 is 14.8 Å². The van der Waals surface area contributed by atoms with Crippen LogP contribution in [0.5, 0.6) is 5.75 Å². The fourth-order valence-corrected chi connectivity index (χ4v) is 2.89. The van der Waals surface area contributed by atoms with Crippen molar-refractivity contribution in [3.8, 4) is 5.75 Å². The number of amides is 1. The summed E-state index contributed by atoms with van der Waals surface area (Å²) in [6, 6.07) is 9.37. The molecule has 0 spiro atoms. The highest BCUT2D eigenvalue weighted by Gasteiger charge is 2.16. The van der Waals surface area contributed by atoms with Crippen LogP contribution in [0, 0.1) is 6.92 Å². The zero-order valence-corrected chi connectivity index (χ0v) is 14.6. The van der Waals surface area contributed by atoms with Gasteiger partial charge in [0.05, 0.1) is 27.7 Å². The molecular formula is C18H13Cl2NO4. The fraction of sp³-hybridized carbons (Fsp3) is 0.111. The van der Waals surface area contributed by atoms with Gasteiger partial charge in [0.15, 0.2) is 0 Å². The Kier molecular flexibility index (Phi) is 4.70. The predicted molar refractivity (Wildman–Crippen MR) is 97.7 cm³/mol. The van der Waals surface area contributed by atoms with Gasteiger partial charge in [-0.2, -0.15) is 0 Å². The van der Waals surface area contributed by atoms with Crippen molar-refractivity contribution in [1.29, 1.82) is 0 Å². The Labute approximate surface area is 152 Å². The highest BCUT2D eigenvalue weighted by Crippen LogP contribution is 2.30. The standard InChI is InChI=1S/C18H13Cl2NO4/c1-9-11-6-5-10(22)7-15(11)25-18(24)12(9)8-16(23)21-14-4-2-3-13(19)17(14)20/h2-7,22H,8H2,1H3,(H,21,23). The summed E-state index contributed by atoms with van der Waals surface area (Å²) < 4.78 is 5.21. The molecule has 128 valence electrons. The molecule has 0 aliphatic heterocycles. The summed E-state index contributed by atoms with van der Waals surface area (Å²) in [5.41, 5.74) is 0.881. The van der Waals surface area contributed by atoms with E-state index in [0.29, 0.717) is 21.7 Å². The number of fused-ring (bicyclic) bond motifs is 1. The van der Waals surface area contributed by atoms with Crippen LogP contribution in [-0.4, -0.2) is 11.0 Å². The molecule has 2 aromatic carbocycles. The SMILES string of the molecule is Cc1c(CC(=O)Nc2cccc(Cl)c2Cl)c(=O)oc2cc(O)ccc12. The van der Waals surface area contributed by atoms with E-state index in [1.807, 2.05) is 0 Å². The van der Waals surface area contributed by atoms with Gasteiger partial charge in [-0.1, -0.05) is 29.3 Å². The normalized spacial score (nSPS) is 10.8. The third kappa shape index (κ3) is 3.48.